The van der Waals surface area contributed by atoms with Gasteiger partial charge in [0, 0.05) is 13.6 Å². The van der Waals surface area contributed by atoms with Crippen molar-refractivity contribution in [2.24, 2.45) is 7.05 Å². The molecule has 1 aromatic heterocycles. The quantitative estimate of drug-likeness (QED) is 0.874. The van der Waals surface area contributed by atoms with Crippen LogP contribution in [0.5, 0.6) is 0 Å². The molecule has 0 bridgehead atoms. The summed E-state index contributed by atoms with van der Waals surface area (Å²) >= 11 is 0. The number of nitrogens with one attached hydrogen (secondary N) is 1. The molecule has 0 atom stereocenters. The van der Waals surface area contributed by atoms with E-state index in [0.717, 1.165) is 29.2 Å². The van der Waals surface area contributed by atoms with Gasteiger partial charge < -0.3 is 5.32 Å². The van der Waals surface area contributed by atoms with Crippen molar-refractivity contribution in [1.29, 1.82) is 0 Å². The van der Waals surface area contributed by atoms with Crippen molar-refractivity contribution in [2.75, 3.05) is 5.32 Å². The Balaban J connectivity index is 2.21. The minimum Gasteiger partial charge on any atom is -0.378 e. The molecule has 7 heteroatoms. The molecule has 114 valence electrons. The number of aryl methyl sites for hydroxylation is 2. The highest BCUT2D eigenvalue weighted by Gasteiger charge is 2.34. The third-order valence-corrected chi connectivity index (χ3v) is 3.31. The lowest BCUT2D eigenvalue weighted by Gasteiger charge is -2.11. The highest BCUT2D eigenvalue weighted by atomic mass is 19.4. The van der Waals surface area contributed by atoms with Gasteiger partial charge in [-0.25, -0.2) is 4.39 Å². The second-order valence-electron chi connectivity index (χ2n) is 4.83. The summed E-state index contributed by atoms with van der Waals surface area (Å²) in [6.45, 7) is 3.83. The zero-order chi connectivity index (χ0) is 15.8. The number of benzene rings is 1. The third-order valence-electron chi connectivity index (χ3n) is 3.31. The number of alkyl halides is 3. The van der Waals surface area contributed by atoms with Gasteiger partial charge in [-0.05, 0) is 31.5 Å². The molecule has 0 saturated heterocycles. The molecular weight excluding hydrogens is 286 g/mol. The van der Waals surface area contributed by atoms with E-state index in [1.807, 2.05) is 6.92 Å². The molecule has 2 rings (SSSR count). The lowest BCUT2D eigenvalue weighted by Crippen LogP contribution is -2.10. The fraction of sp³-hybridized carbons (Fsp3) is 0.357. The van der Waals surface area contributed by atoms with E-state index < -0.39 is 17.6 Å². The van der Waals surface area contributed by atoms with Crippen LogP contribution in [0, 0.1) is 19.7 Å². The Labute approximate surface area is 119 Å². The van der Waals surface area contributed by atoms with E-state index in [1.54, 1.807) is 18.7 Å². The highest BCUT2D eigenvalue weighted by Crippen LogP contribution is 2.32. The molecule has 0 spiro atoms. The predicted octanol–water partition coefficient (Wildman–Crippen LogP) is 3.81. The van der Waals surface area contributed by atoms with Crippen LogP contribution in [-0.4, -0.2) is 9.78 Å². The summed E-state index contributed by atoms with van der Waals surface area (Å²) in [6.07, 6.45) is -4.69. The summed E-state index contributed by atoms with van der Waals surface area (Å²) in [5.41, 5.74) is 1.52. The van der Waals surface area contributed by atoms with Crippen molar-refractivity contribution in [3.63, 3.8) is 0 Å². The zero-order valence-corrected chi connectivity index (χ0v) is 11.8. The molecule has 0 fully saturated rings. The van der Waals surface area contributed by atoms with E-state index in [9.17, 15) is 17.6 Å². The highest BCUT2D eigenvalue weighted by molar-refractivity contribution is 5.52. The summed E-state index contributed by atoms with van der Waals surface area (Å²) in [5.74, 6) is -1.26. The van der Waals surface area contributed by atoms with Gasteiger partial charge in [-0.2, -0.15) is 18.3 Å². The largest absolute Gasteiger partial charge is 0.419 e. The Morgan fingerprint density at radius 1 is 1.24 bits per heavy atom. The van der Waals surface area contributed by atoms with Gasteiger partial charge in [0.05, 0.1) is 22.6 Å². The van der Waals surface area contributed by atoms with Crippen LogP contribution >= 0.6 is 0 Å². The topological polar surface area (TPSA) is 29.9 Å². The second-order valence-corrected chi connectivity index (χ2v) is 4.83. The van der Waals surface area contributed by atoms with Crippen LogP contribution in [0.25, 0.3) is 0 Å². The number of hydrogen-bond acceptors (Lipinski definition) is 2. The molecule has 0 aliphatic rings. The van der Waals surface area contributed by atoms with Crippen molar-refractivity contribution >= 4 is 5.69 Å². The van der Waals surface area contributed by atoms with Crippen molar-refractivity contribution in [3.8, 4) is 0 Å². The fourth-order valence-corrected chi connectivity index (χ4v) is 2.12. The average molecular weight is 301 g/mol. The van der Waals surface area contributed by atoms with Crippen LogP contribution in [0.2, 0.25) is 0 Å². The lowest BCUT2D eigenvalue weighted by atomic mass is 10.1. The van der Waals surface area contributed by atoms with Gasteiger partial charge in [-0.1, -0.05) is 6.07 Å². The Morgan fingerprint density at radius 2 is 1.90 bits per heavy atom. The van der Waals surface area contributed by atoms with Gasteiger partial charge in [-0.3, -0.25) is 4.68 Å². The molecule has 0 saturated carbocycles. The van der Waals surface area contributed by atoms with Gasteiger partial charge in [-0.15, -0.1) is 0 Å². The molecule has 0 aliphatic carbocycles. The number of anilines is 1. The maximum atomic E-state index is 13.2. The molecule has 1 aromatic carbocycles. The summed E-state index contributed by atoms with van der Waals surface area (Å²) in [6, 6.07) is 2.99. The van der Waals surface area contributed by atoms with Crippen LogP contribution in [0.15, 0.2) is 18.2 Å². The maximum absolute atomic E-state index is 13.2. The number of aromatic nitrogens is 2. The Bertz CT molecular complexity index is 659. The van der Waals surface area contributed by atoms with Gasteiger partial charge in [0.1, 0.15) is 5.82 Å². The van der Waals surface area contributed by atoms with Gasteiger partial charge in [0.2, 0.25) is 0 Å². The van der Waals surface area contributed by atoms with Crippen LogP contribution in [0.3, 0.4) is 0 Å². The summed E-state index contributed by atoms with van der Waals surface area (Å²) in [7, 11) is 1.78. The van der Waals surface area contributed by atoms with Crippen molar-refractivity contribution in [3.05, 3.63) is 46.5 Å². The zero-order valence-electron chi connectivity index (χ0n) is 11.8. The van der Waals surface area contributed by atoms with Crippen LogP contribution in [-0.2, 0) is 19.8 Å². The number of nitrogens with zero attached hydrogens (tertiary/aromatic N) is 2. The normalized spacial score (nSPS) is 11.8. The molecule has 0 radical (unpaired) electrons. The SMILES string of the molecule is Cc1nn(C)c(C)c1NCc1ccc(F)c(C(F)(F)F)c1. The van der Waals surface area contributed by atoms with Gasteiger partial charge >= 0.3 is 6.18 Å². The number of rotatable bonds is 3. The predicted molar refractivity (Wildman–Crippen MR) is 71.4 cm³/mol. The second kappa shape index (κ2) is 5.38. The van der Waals surface area contributed by atoms with E-state index in [2.05, 4.69) is 10.4 Å². The minimum atomic E-state index is -4.69. The molecule has 3 nitrogen and oxygen atoms in total. The van der Waals surface area contributed by atoms with E-state index in [-0.39, 0.29) is 6.54 Å². The average Bonchev–Trinajstić information content (AvgIpc) is 2.61. The first-order valence-corrected chi connectivity index (χ1v) is 6.30. The number of halogens is 4. The molecular formula is C14H15F4N3. The molecule has 1 heterocycles. The van der Waals surface area contributed by atoms with Crippen LogP contribution < -0.4 is 5.32 Å². The molecule has 2 aromatic rings. The monoisotopic (exact) mass is 301 g/mol. The summed E-state index contributed by atoms with van der Waals surface area (Å²) < 4.78 is 52.8. The third kappa shape index (κ3) is 3.17. The molecule has 1 N–H and O–H groups in total. The Hall–Kier alpha value is -2.05. The van der Waals surface area contributed by atoms with Crippen molar-refractivity contribution < 1.29 is 17.6 Å². The van der Waals surface area contributed by atoms with E-state index in [1.165, 1.54) is 6.07 Å². The van der Waals surface area contributed by atoms with E-state index in [4.69, 9.17) is 0 Å². The molecule has 21 heavy (non-hydrogen) atoms. The summed E-state index contributed by atoms with van der Waals surface area (Å²) in [5, 5.41) is 7.25. The van der Waals surface area contributed by atoms with Crippen LogP contribution in [0.1, 0.15) is 22.5 Å². The van der Waals surface area contributed by atoms with E-state index >= 15 is 0 Å². The first kappa shape index (κ1) is 15.3. The Kier molecular flexibility index (Phi) is 3.93. The first-order valence-electron chi connectivity index (χ1n) is 6.30. The van der Waals surface area contributed by atoms with E-state index in [0.29, 0.717) is 5.56 Å². The lowest BCUT2D eigenvalue weighted by molar-refractivity contribution is -0.140. The maximum Gasteiger partial charge on any atom is 0.419 e. The smallest absolute Gasteiger partial charge is 0.378 e. The fourth-order valence-electron chi connectivity index (χ4n) is 2.12. The molecule has 0 amide bonds. The van der Waals surface area contributed by atoms with Crippen molar-refractivity contribution in [1.82, 2.24) is 9.78 Å². The molecule has 0 unspecified atom stereocenters. The first-order chi connectivity index (χ1) is 9.70. The number of hydrogen-bond donors (Lipinski definition) is 1. The van der Waals surface area contributed by atoms with Gasteiger partial charge in [0.25, 0.3) is 0 Å². The van der Waals surface area contributed by atoms with Gasteiger partial charge in [0.15, 0.2) is 0 Å². The van der Waals surface area contributed by atoms with Crippen LogP contribution in [0.4, 0.5) is 23.2 Å². The Morgan fingerprint density at radius 3 is 2.43 bits per heavy atom. The standard InChI is InChI=1S/C14H15F4N3/c1-8-13(9(2)21(3)20-8)19-7-10-4-5-12(15)11(6-10)14(16,17)18/h4-6,19H,7H2,1-3H3. The van der Waals surface area contributed by atoms with Crippen molar-refractivity contribution in [2.45, 2.75) is 26.6 Å². The molecule has 0 aliphatic heterocycles. The minimum absolute atomic E-state index is 0.163. The summed E-state index contributed by atoms with van der Waals surface area (Å²) in [4.78, 5) is 0.